The van der Waals surface area contributed by atoms with E-state index in [9.17, 15) is 9.90 Å². The standard InChI is InChI=1S/C19H16N4O3S/c1-12-16(24)8-7-15-14(9-17(25)26-18(12)15)11-27-19-20-21-22-23(19)10-13-5-3-2-4-6-13/h2-9,24H,10-11H2,1H3. The topological polar surface area (TPSA) is 94.0 Å². The molecule has 27 heavy (non-hydrogen) atoms. The highest BCUT2D eigenvalue weighted by Crippen LogP contribution is 2.30. The van der Waals surface area contributed by atoms with E-state index in [4.69, 9.17) is 4.42 Å². The van der Waals surface area contributed by atoms with E-state index in [0.29, 0.717) is 28.6 Å². The molecule has 4 aromatic rings. The van der Waals surface area contributed by atoms with Gasteiger partial charge in [0, 0.05) is 22.8 Å². The largest absolute Gasteiger partial charge is 0.508 e. The highest BCUT2D eigenvalue weighted by molar-refractivity contribution is 7.98. The van der Waals surface area contributed by atoms with Crippen molar-refractivity contribution in [3.05, 3.63) is 75.6 Å². The predicted octanol–water partition coefficient (Wildman–Crippen LogP) is 3.13. The molecule has 0 fully saturated rings. The number of rotatable bonds is 5. The van der Waals surface area contributed by atoms with Crippen LogP contribution in [0.2, 0.25) is 0 Å². The number of aryl methyl sites for hydroxylation is 1. The Labute approximate surface area is 158 Å². The van der Waals surface area contributed by atoms with Crippen molar-refractivity contribution in [1.29, 1.82) is 0 Å². The van der Waals surface area contributed by atoms with Crippen LogP contribution in [0.5, 0.6) is 5.75 Å². The molecule has 0 amide bonds. The first kappa shape index (κ1) is 17.3. The monoisotopic (exact) mass is 380 g/mol. The second-order valence-electron chi connectivity index (χ2n) is 6.07. The minimum Gasteiger partial charge on any atom is -0.508 e. The average molecular weight is 380 g/mol. The van der Waals surface area contributed by atoms with Gasteiger partial charge in [0.2, 0.25) is 5.16 Å². The third-order valence-corrected chi connectivity index (χ3v) is 5.25. The van der Waals surface area contributed by atoms with Gasteiger partial charge in [0.15, 0.2) is 0 Å². The molecule has 0 bridgehead atoms. The number of tetrazole rings is 1. The number of hydrogen-bond acceptors (Lipinski definition) is 7. The molecule has 0 aliphatic heterocycles. The number of nitrogens with zero attached hydrogens (tertiary/aromatic N) is 4. The zero-order valence-corrected chi connectivity index (χ0v) is 15.3. The Morgan fingerprint density at radius 1 is 1.19 bits per heavy atom. The molecule has 2 aromatic carbocycles. The van der Waals surface area contributed by atoms with Gasteiger partial charge in [-0.1, -0.05) is 42.1 Å². The first-order valence-electron chi connectivity index (χ1n) is 8.30. The number of thioether (sulfide) groups is 1. The van der Waals surface area contributed by atoms with Crippen LogP contribution in [-0.4, -0.2) is 25.3 Å². The molecular weight excluding hydrogens is 364 g/mol. The van der Waals surface area contributed by atoms with Crippen molar-refractivity contribution in [3.8, 4) is 5.75 Å². The Morgan fingerprint density at radius 2 is 2.00 bits per heavy atom. The van der Waals surface area contributed by atoms with E-state index in [1.54, 1.807) is 23.7 Å². The normalized spacial score (nSPS) is 11.1. The number of phenolic OH excluding ortho intramolecular Hbond substituents is 1. The molecule has 7 nitrogen and oxygen atoms in total. The molecule has 0 unspecified atom stereocenters. The van der Waals surface area contributed by atoms with Crippen molar-refractivity contribution in [3.63, 3.8) is 0 Å². The number of aromatic hydroxyl groups is 1. The molecule has 4 rings (SSSR count). The fraction of sp³-hybridized carbons (Fsp3) is 0.158. The van der Waals surface area contributed by atoms with Crippen LogP contribution in [0.15, 0.2) is 62.9 Å². The first-order chi connectivity index (χ1) is 13.1. The Hall–Kier alpha value is -3.13. The summed E-state index contributed by atoms with van der Waals surface area (Å²) in [7, 11) is 0. The van der Waals surface area contributed by atoms with Gasteiger partial charge in [-0.2, -0.15) is 0 Å². The summed E-state index contributed by atoms with van der Waals surface area (Å²) < 4.78 is 7.01. The van der Waals surface area contributed by atoms with Crippen LogP contribution in [-0.2, 0) is 12.3 Å². The molecule has 0 radical (unpaired) electrons. The lowest BCUT2D eigenvalue weighted by Crippen LogP contribution is -2.04. The lowest BCUT2D eigenvalue weighted by atomic mass is 10.1. The van der Waals surface area contributed by atoms with Gasteiger partial charge in [-0.15, -0.1) is 5.10 Å². The molecule has 0 saturated carbocycles. The maximum Gasteiger partial charge on any atom is 0.336 e. The van der Waals surface area contributed by atoms with Crippen molar-refractivity contribution in [2.45, 2.75) is 24.4 Å². The fourth-order valence-electron chi connectivity index (χ4n) is 2.83. The smallest absolute Gasteiger partial charge is 0.336 e. The van der Waals surface area contributed by atoms with Crippen LogP contribution in [0.25, 0.3) is 11.0 Å². The molecule has 1 N–H and O–H groups in total. The van der Waals surface area contributed by atoms with E-state index in [-0.39, 0.29) is 5.75 Å². The lowest BCUT2D eigenvalue weighted by molar-refractivity contribution is 0.468. The van der Waals surface area contributed by atoms with E-state index in [1.165, 1.54) is 17.8 Å². The first-order valence-corrected chi connectivity index (χ1v) is 9.28. The van der Waals surface area contributed by atoms with Crippen LogP contribution in [0, 0.1) is 6.92 Å². The van der Waals surface area contributed by atoms with Gasteiger partial charge in [0.05, 0.1) is 6.54 Å². The van der Waals surface area contributed by atoms with Crippen molar-refractivity contribution in [2.75, 3.05) is 0 Å². The quantitative estimate of drug-likeness (QED) is 0.420. The van der Waals surface area contributed by atoms with Gasteiger partial charge in [0.1, 0.15) is 11.3 Å². The number of fused-ring (bicyclic) bond motifs is 1. The minimum absolute atomic E-state index is 0.0993. The lowest BCUT2D eigenvalue weighted by Gasteiger charge is -2.08. The average Bonchev–Trinajstić information content (AvgIpc) is 3.11. The highest BCUT2D eigenvalue weighted by Gasteiger charge is 2.13. The zero-order valence-electron chi connectivity index (χ0n) is 14.5. The van der Waals surface area contributed by atoms with E-state index in [2.05, 4.69) is 15.5 Å². The second kappa shape index (κ2) is 7.24. The maximum atomic E-state index is 11.9. The maximum absolute atomic E-state index is 11.9. The van der Waals surface area contributed by atoms with E-state index in [1.807, 2.05) is 30.3 Å². The summed E-state index contributed by atoms with van der Waals surface area (Å²) >= 11 is 1.44. The SMILES string of the molecule is Cc1c(O)ccc2c(CSc3nnnn3Cc3ccccc3)cc(=O)oc12. The third kappa shape index (κ3) is 3.56. The number of phenols is 1. The molecule has 0 spiro atoms. The molecule has 0 saturated heterocycles. The zero-order chi connectivity index (χ0) is 18.8. The van der Waals surface area contributed by atoms with Gasteiger partial charge in [-0.25, -0.2) is 9.48 Å². The summed E-state index contributed by atoms with van der Waals surface area (Å²) in [5, 5.41) is 23.2. The van der Waals surface area contributed by atoms with Crippen molar-refractivity contribution < 1.29 is 9.52 Å². The molecule has 8 heteroatoms. The van der Waals surface area contributed by atoms with Crippen molar-refractivity contribution in [1.82, 2.24) is 20.2 Å². The van der Waals surface area contributed by atoms with E-state index in [0.717, 1.165) is 16.5 Å². The summed E-state index contributed by atoms with van der Waals surface area (Å²) in [5.74, 6) is 0.601. The Balaban J connectivity index is 1.61. The Morgan fingerprint density at radius 3 is 2.81 bits per heavy atom. The van der Waals surface area contributed by atoms with Gasteiger partial charge in [0.25, 0.3) is 0 Å². The fourth-order valence-corrected chi connectivity index (χ4v) is 3.70. The summed E-state index contributed by atoms with van der Waals surface area (Å²) in [6.07, 6.45) is 0. The molecule has 0 atom stereocenters. The molecule has 2 heterocycles. The van der Waals surface area contributed by atoms with Crippen molar-refractivity contribution in [2.24, 2.45) is 0 Å². The molecular formula is C19H16N4O3S. The van der Waals surface area contributed by atoms with Gasteiger partial charge < -0.3 is 9.52 Å². The summed E-state index contributed by atoms with van der Waals surface area (Å²) in [4.78, 5) is 11.9. The van der Waals surface area contributed by atoms with Crippen LogP contribution in [0.1, 0.15) is 16.7 Å². The Bertz CT molecular complexity index is 1150. The Kier molecular flexibility index (Phi) is 4.64. The predicted molar refractivity (Wildman–Crippen MR) is 102 cm³/mol. The van der Waals surface area contributed by atoms with Gasteiger partial charge >= 0.3 is 5.63 Å². The van der Waals surface area contributed by atoms with Crippen LogP contribution in [0.4, 0.5) is 0 Å². The third-order valence-electron chi connectivity index (χ3n) is 4.25. The van der Waals surface area contributed by atoms with Crippen LogP contribution < -0.4 is 5.63 Å². The van der Waals surface area contributed by atoms with Gasteiger partial charge in [-0.05, 0) is 40.6 Å². The molecule has 0 aliphatic carbocycles. The molecule has 136 valence electrons. The summed E-state index contributed by atoms with van der Waals surface area (Å²) in [6.45, 7) is 2.29. The van der Waals surface area contributed by atoms with Crippen LogP contribution >= 0.6 is 11.8 Å². The van der Waals surface area contributed by atoms with Crippen LogP contribution in [0.3, 0.4) is 0 Å². The minimum atomic E-state index is -0.448. The summed E-state index contributed by atoms with van der Waals surface area (Å²) in [6, 6.07) is 14.8. The second-order valence-corrected chi connectivity index (χ2v) is 7.01. The van der Waals surface area contributed by atoms with E-state index < -0.39 is 5.63 Å². The van der Waals surface area contributed by atoms with Crippen molar-refractivity contribution >= 4 is 22.7 Å². The number of hydrogen-bond donors (Lipinski definition) is 1. The number of benzene rings is 2. The summed E-state index contributed by atoms with van der Waals surface area (Å²) in [5.41, 5.74) is 2.41. The van der Waals surface area contributed by atoms with E-state index >= 15 is 0 Å². The highest BCUT2D eigenvalue weighted by atomic mass is 32.2. The molecule has 2 aromatic heterocycles. The molecule has 0 aliphatic rings. The number of aromatic nitrogens is 4. The van der Waals surface area contributed by atoms with Gasteiger partial charge in [-0.3, -0.25) is 0 Å².